The maximum absolute atomic E-state index is 13.0. The van der Waals surface area contributed by atoms with Crippen LogP contribution >= 0.6 is 0 Å². The smallest absolute Gasteiger partial charge is 0.227 e. The lowest BCUT2D eigenvalue weighted by molar-refractivity contribution is -0.130. The summed E-state index contributed by atoms with van der Waals surface area (Å²) in [5, 5.41) is 2.97. The molecule has 0 saturated heterocycles. The van der Waals surface area contributed by atoms with E-state index in [-0.39, 0.29) is 17.8 Å². The summed E-state index contributed by atoms with van der Waals surface area (Å²) in [5.41, 5.74) is 7.58. The third-order valence-corrected chi connectivity index (χ3v) is 4.53. The fraction of sp³-hybridized carbons (Fsp3) is 0.562. The normalized spacial score (nSPS) is 25.7. The van der Waals surface area contributed by atoms with Crippen LogP contribution in [0, 0.1) is 18.2 Å². The summed E-state index contributed by atoms with van der Waals surface area (Å²) in [7, 11) is 0. The van der Waals surface area contributed by atoms with Crippen LogP contribution in [0.25, 0.3) is 0 Å². The van der Waals surface area contributed by atoms with Crippen LogP contribution in [0.5, 0.6) is 0 Å². The minimum Gasteiger partial charge on any atom is -0.355 e. The fourth-order valence-electron chi connectivity index (χ4n) is 2.93. The van der Waals surface area contributed by atoms with Crippen molar-refractivity contribution in [2.75, 3.05) is 6.54 Å². The molecule has 20 heavy (non-hydrogen) atoms. The van der Waals surface area contributed by atoms with Gasteiger partial charge >= 0.3 is 0 Å². The van der Waals surface area contributed by atoms with E-state index in [1.165, 1.54) is 12.1 Å². The van der Waals surface area contributed by atoms with Crippen molar-refractivity contribution in [2.24, 2.45) is 11.1 Å². The first kappa shape index (κ1) is 15.0. The summed E-state index contributed by atoms with van der Waals surface area (Å²) in [5.74, 6) is -0.179. The molecule has 2 rings (SSSR count). The average molecular weight is 278 g/mol. The number of nitrogens with one attached hydrogen (secondary N) is 1. The Hall–Kier alpha value is -1.42. The molecule has 1 aliphatic rings. The summed E-state index contributed by atoms with van der Waals surface area (Å²) in [6.45, 7) is 4.39. The maximum atomic E-state index is 13.0. The highest BCUT2D eigenvalue weighted by atomic mass is 19.1. The molecule has 0 aromatic heterocycles. The number of aryl methyl sites for hydroxylation is 1. The fourth-order valence-corrected chi connectivity index (χ4v) is 2.93. The highest BCUT2D eigenvalue weighted by molar-refractivity contribution is 5.83. The van der Waals surface area contributed by atoms with E-state index in [1.807, 2.05) is 13.8 Å². The van der Waals surface area contributed by atoms with Gasteiger partial charge in [0.2, 0.25) is 5.91 Å². The molecule has 0 bridgehead atoms. The number of halogens is 1. The molecular formula is C16H23FN2O. The van der Waals surface area contributed by atoms with Gasteiger partial charge in [-0.1, -0.05) is 12.5 Å². The summed E-state index contributed by atoms with van der Waals surface area (Å²) >= 11 is 0. The Balaban J connectivity index is 1.88. The van der Waals surface area contributed by atoms with E-state index < -0.39 is 5.41 Å². The maximum Gasteiger partial charge on any atom is 0.227 e. The molecule has 1 aliphatic carbocycles. The molecule has 2 unspecified atom stereocenters. The topological polar surface area (TPSA) is 55.1 Å². The first-order valence-corrected chi connectivity index (χ1v) is 7.22. The second-order valence-corrected chi connectivity index (χ2v) is 5.99. The number of hydrogen-bond donors (Lipinski definition) is 2. The van der Waals surface area contributed by atoms with Crippen LogP contribution < -0.4 is 11.1 Å². The zero-order valence-corrected chi connectivity index (χ0v) is 12.2. The molecule has 110 valence electrons. The van der Waals surface area contributed by atoms with Crippen molar-refractivity contribution in [3.05, 3.63) is 35.1 Å². The van der Waals surface area contributed by atoms with Gasteiger partial charge in [-0.15, -0.1) is 0 Å². The van der Waals surface area contributed by atoms with Crippen molar-refractivity contribution < 1.29 is 9.18 Å². The van der Waals surface area contributed by atoms with E-state index in [4.69, 9.17) is 5.73 Å². The van der Waals surface area contributed by atoms with Crippen LogP contribution in [0.1, 0.15) is 37.3 Å². The van der Waals surface area contributed by atoms with Gasteiger partial charge in [0.15, 0.2) is 0 Å². The number of amides is 1. The zero-order chi connectivity index (χ0) is 14.8. The lowest BCUT2D eigenvalue weighted by Gasteiger charge is -2.27. The Morgan fingerprint density at radius 3 is 2.90 bits per heavy atom. The summed E-state index contributed by atoms with van der Waals surface area (Å²) in [6, 6.07) is 4.71. The number of benzene rings is 1. The van der Waals surface area contributed by atoms with Gasteiger partial charge in [0, 0.05) is 12.6 Å². The van der Waals surface area contributed by atoms with Gasteiger partial charge in [0.25, 0.3) is 0 Å². The molecule has 1 fully saturated rings. The summed E-state index contributed by atoms with van der Waals surface area (Å²) in [4.78, 5) is 12.3. The van der Waals surface area contributed by atoms with Crippen LogP contribution in [0.4, 0.5) is 4.39 Å². The lowest BCUT2D eigenvalue weighted by atomic mass is 9.84. The molecular weight excluding hydrogens is 255 g/mol. The number of carbonyl (C=O) groups is 1. The monoisotopic (exact) mass is 278 g/mol. The molecule has 0 heterocycles. The molecule has 0 radical (unpaired) electrons. The average Bonchev–Trinajstić information content (AvgIpc) is 2.73. The van der Waals surface area contributed by atoms with Crippen molar-refractivity contribution in [3.63, 3.8) is 0 Å². The Morgan fingerprint density at radius 2 is 2.30 bits per heavy atom. The molecule has 0 aliphatic heterocycles. The molecule has 1 aromatic carbocycles. The number of rotatable bonds is 4. The second-order valence-electron chi connectivity index (χ2n) is 5.99. The first-order valence-electron chi connectivity index (χ1n) is 7.22. The largest absolute Gasteiger partial charge is 0.355 e. The molecule has 3 N–H and O–H groups in total. The van der Waals surface area contributed by atoms with Crippen LogP contribution in [0.15, 0.2) is 18.2 Å². The number of hydrogen-bond acceptors (Lipinski definition) is 2. The van der Waals surface area contributed by atoms with Gasteiger partial charge in [-0.05, 0) is 56.4 Å². The van der Waals surface area contributed by atoms with Crippen molar-refractivity contribution in [1.82, 2.24) is 5.32 Å². The molecule has 1 aromatic rings. The van der Waals surface area contributed by atoms with Crippen LogP contribution in [-0.4, -0.2) is 18.5 Å². The van der Waals surface area contributed by atoms with E-state index in [0.717, 1.165) is 30.4 Å². The second kappa shape index (κ2) is 5.92. The standard InChI is InChI=1S/C16H23FN2O/c1-11-10-13(17)6-5-12(11)7-9-19-15(20)16(2)8-3-4-14(16)18/h5-6,10,14H,3-4,7-9,18H2,1-2H3,(H,19,20). The van der Waals surface area contributed by atoms with E-state index in [2.05, 4.69) is 5.32 Å². The third kappa shape index (κ3) is 3.01. The van der Waals surface area contributed by atoms with Gasteiger partial charge in [-0.2, -0.15) is 0 Å². The van der Waals surface area contributed by atoms with Gasteiger partial charge < -0.3 is 11.1 Å². The predicted molar refractivity (Wildman–Crippen MR) is 77.8 cm³/mol. The molecule has 1 saturated carbocycles. The van der Waals surface area contributed by atoms with E-state index in [9.17, 15) is 9.18 Å². The minimum atomic E-state index is -0.433. The Labute approximate surface area is 119 Å². The SMILES string of the molecule is Cc1cc(F)ccc1CCNC(=O)C1(C)CCCC1N. The first-order chi connectivity index (χ1) is 9.43. The van der Waals surface area contributed by atoms with Gasteiger partial charge in [0.1, 0.15) is 5.82 Å². The molecule has 3 nitrogen and oxygen atoms in total. The lowest BCUT2D eigenvalue weighted by Crippen LogP contribution is -2.47. The predicted octanol–water partition coefficient (Wildman–Crippen LogP) is 2.31. The molecule has 1 amide bonds. The van der Waals surface area contributed by atoms with Crippen molar-refractivity contribution in [1.29, 1.82) is 0 Å². The van der Waals surface area contributed by atoms with Crippen LogP contribution in [-0.2, 0) is 11.2 Å². The van der Waals surface area contributed by atoms with E-state index >= 15 is 0 Å². The third-order valence-electron chi connectivity index (χ3n) is 4.53. The summed E-state index contributed by atoms with van der Waals surface area (Å²) in [6.07, 6.45) is 3.50. The Morgan fingerprint density at radius 1 is 1.55 bits per heavy atom. The number of nitrogens with two attached hydrogens (primary N) is 1. The highest BCUT2D eigenvalue weighted by Gasteiger charge is 2.42. The minimum absolute atomic E-state index is 0.0438. The Bertz CT molecular complexity index is 503. The Kier molecular flexibility index (Phi) is 4.43. The molecule has 0 spiro atoms. The number of carbonyl (C=O) groups excluding carboxylic acids is 1. The quantitative estimate of drug-likeness (QED) is 0.888. The van der Waals surface area contributed by atoms with Gasteiger partial charge in [-0.3, -0.25) is 4.79 Å². The summed E-state index contributed by atoms with van der Waals surface area (Å²) < 4.78 is 13.0. The van der Waals surface area contributed by atoms with Crippen molar-refractivity contribution in [3.8, 4) is 0 Å². The van der Waals surface area contributed by atoms with Gasteiger partial charge in [-0.25, -0.2) is 4.39 Å². The van der Waals surface area contributed by atoms with E-state index in [0.29, 0.717) is 13.0 Å². The van der Waals surface area contributed by atoms with Crippen LogP contribution in [0.3, 0.4) is 0 Å². The zero-order valence-electron chi connectivity index (χ0n) is 12.2. The van der Waals surface area contributed by atoms with Crippen molar-refractivity contribution >= 4 is 5.91 Å². The van der Waals surface area contributed by atoms with Crippen LogP contribution in [0.2, 0.25) is 0 Å². The van der Waals surface area contributed by atoms with E-state index in [1.54, 1.807) is 6.07 Å². The molecule has 2 atom stereocenters. The molecule has 4 heteroatoms. The highest BCUT2D eigenvalue weighted by Crippen LogP contribution is 2.36. The van der Waals surface area contributed by atoms with Gasteiger partial charge in [0.05, 0.1) is 5.41 Å². The van der Waals surface area contributed by atoms with Crippen molar-refractivity contribution in [2.45, 2.75) is 45.6 Å².